The smallest absolute Gasteiger partial charge is 0.0107 e. The summed E-state index contributed by atoms with van der Waals surface area (Å²) in [4.78, 5) is 2.64. The molecule has 0 atom stereocenters. The number of rotatable bonds is 7. The molecule has 0 aromatic rings. The standard InChI is InChI=1S/C17H36N2/c1-15(2)7-6-10-18-11-14-19-12-8-16(9-13-19)17(3,4)5/h15-16,18H,6-14H2,1-5H3. The summed E-state index contributed by atoms with van der Waals surface area (Å²) in [5, 5.41) is 3.59. The maximum atomic E-state index is 3.59. The van der Waals surface area contributed by atoms with Gasteiger partial charge in [-0.2, -0.15) is 0 Å². The molecule has 1 fully saturated rings. The summed E-state index contributed by atoms with van der Waals surface area (Å²) in [6.07, 6.45) is 5.45. The fourth-order valence-corrected chi connectivity index (χ4v) is 3.02. The van der Waals surface area contributed by atoms with Gasteiger partial charge in [-0.15, -0.1) is 0 Å². The second-order valence-corrected chi connectivity index (χ2v) is 7.77. The van der Waals surface area contributed by atoms with Crippen molar-refractivity contribution in [2.24, 2.45) is 17.3 Å². The van der Waals surface area contributed by atoms with Gasteiger partial charge in [-0.25, -0.2) is 0 Å². The highest BCUT2D eigenvalue weighted by molar-refractivity contribution is 4.80. The molecule has 0 aliphatic carbocycles. The van der Waals surface area contributed by atoms with Crippen LogP contribution in [0.15, 0.2) is 0 Å². The van der Waals surface area contributed by atoms with Crippen LogP contribution in [0.1, 0.15) is 60.3 Å². The van der Waals surface area contributed by atoms with E-state index < -0.39 is 0 Å². The molecule has 0 radical (unpaired) electrons. The summed E-state index contributed by atoms with van der Waals surface area (Å²) in [5.74, 6) is 1.76. The van der Waals surface area contributed by atoms with Crippen molar-refractivity contribution in [1.82, 2.24) is 10.2 Å². The SMILES string of the molecule is CC(C)CCCNCCN1CCC(C(C)(C)C)CC1. The Morgan fingerprint density at radius 3 is 2.26 bits per heavy atom. The first kappa shape index (κ1) is 17.0. The van der Waals surface area contributed by atoms with Gasteiger partial charge in [0.15, 0.2) is 0 Å². The summed E-state index contributed by atoms with van der Waals surface area (Å²) in [7, 11) is 0. The molecule has 1 aliphatic heterocycles. The van der Waals surface area contributed by atoms with E-state index in [1.165, 1.54) is 51.9 Å². The summed E-state index contributed by atoms with van der Waals surface area (Å²) in [6.45, 7) is 18.0. The monoisotopic (exact) mass is 268 g/mol. The van der Waals surface area contributed by atoms with Crippen molar-refractivity contribution in [2.75, 3.05) is 32.7 Å². The van der Waals surface area contributed by atoms with Crippen molar-refractivity contribution in [1.29, 1.82) is 0 Å². The van der Waals surface area contributed by atoms with E-state index in [2.05, 4.69) is 44.8 Å². The molecule has 0 unspecified atom stereocenters. The molecular formula is C17H36N2. The van der Waals surface area contributed by atoms with E-state index in [1.807, 2.05) is 0 Å². The fourth-order valence-electron chi connectivity index (χ4n) is 3.02. The van der Waals surface area contributed by atoms with Crippen LogP contribution in [0.4, 0.5) is 0 Å². The summed E-state index contributed by atoms with van der Waals surface area (Å²) >= 11 is 0. The van der Waals surface area contributed by atoms with Crippen LogP contribution in [-0.2, 0) is 0 Å². The molecule has 0 bridgehead atoms. The lowest BCUT2D eigenvalue weighted by molar-refractivity contribution is 0.113. The lowest BCUT2D eigenvalue weighted by atomic mass is 9.75. The van der Waals surface area contributed by atoms with Crippen LogP contribution in [0.5, 0.6) is 0 Å². The van der Waals surface area contributed by atoms with Crippen LogP contribution >= 0.6 is 0 Å². The topological polar surface area (TPSA) is 15.3 Å². The van der Waals surface area contributed by atoms with Crippen LogP contribution in [-0.4, -0.2) is 37.6 Å². The second-order valence-electron chi connectivity index (χ2n) is 7.77. The lowest BCUT2D eigenvalue weighted by Gasteiger charge is -2.38. The Kier molecular flexibility index (Phi) is 7.38. The van der Waals surface area contributed by atoms with Crippen molar-refractivity contribution >= 4 is 0 Å². The molecular weight excluding hydrogens is 232 g/mol. The number of hydrogen-bond acceptors (Lipinski definition) is 2. The van der Waals surface area contributed by atoms with Crippen molar-refractivity contribution in [2.45, 2.75) is 60.3 Å². The average molecular weight is 268 g/mol. The Morgan fingerprint density at radius 2 is 1.74 bits per heavy atom. The highest BCUT2D eigenvalue weighted by Gasteiger charge is 2.28. The predicted molar refractivity (Wildman–Crippen MR) is 85.6 cm³/mol. The molecule has 1 saturated heterocycles. The molecule has 0 saturated carbocycles. The maximum absolute atomic E-state index is 3.59. The van der Waals surface area contributed by atoms with Crippen LogP contribution in [0.25, 0.3) is 0 Å². The van der Waals surface area contributed by atoms with Gasteiger partial charge in [0.1, 0.15) is 0 Å². The minimum absolute atomic E-state index is 0.501. The number of nitrogens with one attached hydrogen (secondary N) is 1. The summed E-state index contributed by atoms with van der Waals surface area (Å²) < 4.78 is 0. The zero-order valence-corrected chi connectivity index (χ0v) is 14.0. The average Bonchev–Trinajstić information content (AvgIpc) is 2.32. The van der Waals surface area contributed by atoms with Gasteiger partial charge in [-0.1, -0.05) is 34.6 Å². The summed E-state index contributed by atoms with van der Waals surface area (Å²) in [6, 6.07) is 0. The molecule has 0 aromatic carbocycles. The number of hydrogen-bond donors (Lipinski definition) is 1. The fraction of sp³-hybridized carbons (Fsp3) is 1.00. The maximum Gasteiger partial charge on any atom is 0.0107 e. The number of piperidine rings is 1. The molecule has 2 heteroatoms. The molecule has 1 N–H and O–H groups in total. The first-order chi connectivity index (χ1) is 8.89. The van der Waals surface area contributed by atoms with E-state index >= 15 is 0 Å². The van der Waals surface area contributed by atoms with E-state index in [9.17, 15) is 0 Å². The zero-order chi connectivity index (χ0) is 14.3. The van der Waals surface area contributed by atoms with Crippen LogP contribution in [0.2, 0.25) is 0 Å². The third kappa shape index (κ3) is 7.31. The molecule has 1 rings (SSSR count). The Hall–Kier alpha value is -0.0800. The molecule has 0 amide bonds. The van der Waals surface area contributed by atoms with E-state index in [4.69, 9.17) is 0 Å². The second kappa shape index (κ2) is 8.26. The van der Waals surface area contributed by atoms with Crippen molar-refractivity contribution in [3.63, 3.8) is 0 Å². The van der Waals surface area contributed by atoms with E-state index in [0.29, 0.717) is 5.41 Å². The van der Waals surface area contributed by atoms with E-state index in [-0.39, 0.29) is 0 Å². The third-order valence-electron chi connectivity index (χ3n) is 4.55. The van der Waals surface area contributed by atoms with Crippen molar-refractivity contribution in [3.8, 4) is 0 Å². The lowest BCUT2D eigenvalue weighted by Crippen LogP contribution is -2.41. The third-order valence-corrected chi connectivity index (χ3v) is 4.55. The van der Waals surface area contributed by atoms with E-state index in [0.717, 1.165) is 18.4 Å². The van der Waals surface area contributed by atoms with Gasteiger partial charge < -0.3 is 10.2 Å². The Labute approximate surface area is 121 Å². The van der Waals surface area contributed by atoms with Gasteiger partial charge >= 0.3 is 0 Å². The first-order valence-corrected chi connectivity index (χ1v) is 8.32. The normalized spacial score (nSPS) is 19.3. The van der Waals surface area contributed by atoms with Gasteiger partial charge in [0.25, 0.3) is 0 Å². The van der Waals surface area contributed by atoms with Crippen LogP contribution in [0, 0.1) is 17.3 Å². The first-order valence-electron chi connectivity index (χ1n) is 8.32. The Balaban J connectivity index is 2.01. The molecule has 1 heterocycles. The molecule has 19 heavy (non-hydrogen) atoms. The molecule has 0 aromatic heterocycles. The Morgan fingerprint density at radius 1 is 1.11 bits per heavy atom. The van der Waals surface area contributed by atoms with Gasteiger partial charge in [-0.05, 0) is 62.6 Å². The van der Waals surface area contributed by atoms with Gasteiger partial charge in [0.05, 0.1) is 0 Å². The van der Waals surface area contributed by atoms with Crippen LogP contribution in [0.3, 0.4) is 0 Å². The number of nitrogens with zero attached hydrogens (tertiary/aromatic N) is 1. The minimum Gasteiger partial charge on any atom is -0.315 e. The van der Waals surface area contributed by atoms with Crippen molar-refractivity contribution < 1.29 is 0 Å². The van der Waals surface area contributed by atoms with E-state index in [1.54, 1.807) is 0 Å². The largest absolute Gasteiger partial charge is 0.315 e. The van der Waals surface area contributed by atoms with Gasteiger partial charge in [-0.3, -0.25) is 0 Å². The quantitative estimate of drug-likeness (QED) is 0.707. The summed E-state index contributed by atoms with van der Waals surface area (Å²) in [5.41, 5.74) is 0.501. The molecule has 1 aliphatic rings. The Bertz CT molecular complexity index is 222. The van der Waals surface area contributed by atoms with Gasteiger partial charge in [0.2, 0.25) is 0 Å². The molecule has 114 valence electrons. The van der Waals surface area contributed by atoms with Gasteiger partial charge in [0, 0.05) is 13.1 Å². The number of likely N-dealkylation sites (tertiary alicyclic amines) is 1. The zero-order valence-electron chi connectivity index (χ0n) is 14.0. The predicted octanol–water partition coefficient (Wildman–Crippen LogP) is 3.77. The highest BCUT2D eigenvalue weighted by atomic mass is 15.1. The minimum atomic E-state index is 0.501. The van der Waals surface area contributed by atoms with Crippen molar-refractivity contribution in [3.05, 3.63) is 0 Å². The van der Waals surface area contributed by atoms with Crippen LogP contribution < -0.4 is 5.32 Å². The highest BCUT2D eigenvalue weighted by Crippen LogP contribution is 2.33. The molecule has 2 nitrogen and oxygen atoms in total. The molecule has 0 spiro atoms.